The Bertz CT molecular complexity index is 149. The minimum atomic E-state index is -2.94. The van der Waals surface area contributed by atoms with Crippen LogP contribution in [0.3, 0.4) is 0 Å². The van der Waals surface area contributed by atoms with Crippen LogP contribution >= 0.6 is 17.0 Å². The maximum absolute atomic E-state index is 12.2. The monoisotopic (exact) mass is 247 g/mol. The quantitative estimate of drug-likeness (QED) is 0.787. The fourth-order valence-electron chi connectivity index (χ4n) is 0.671. The van der Waals surface area contributed by atoms with Crippen molar-refractivity contribution >= 4 is 23.0 Å². The maximum Gasteiger partial charge on any atom is 0.320 e. The van der Waals surface area contributed by atoms with Crippen LogP contribution in [0.5, 0.6) is 0 Å². The van der Waals surface area contributed by atoms with Gasteiger partial charge in [-0.15, -0.1) is 17.0 Å². The number of halogens is 3. The van der Waals surface area contributed by atoms with E-state index in [9.17, 15) is 13.6 Å². The van der Waals surface area contributed by atoms with Crippen LogP contribution in [0.25, 0.3) is 0 Å². The molecule has 12 heavy (non-hydrogen) atoms. The van der Waals surface area contributed by atoms with Gasteiger partial charge >= 0.3 is 5.97 Å². The minimum absolute atomic E-state index is 0. The lowest BCUT2D eigenvalue weighted by molar-refractivity contribution is -0.141. The first-order valence-corrected chi connectivity index (χ1v) is 3.14. The summed E-state index contributed by atoms with van der Waals surface area (Å²) in [6.45, 7) is 0.695. The summed E-state index contributed by atoms with van der Waals surface area (Å²) in [6.07, 6.45) is -0.682. The highest BCUT2D eigenvalue weighted by molar-refractivity contribution is 8.93. The van der Waals surface area contributed by atoms with Crippen LogP contribution in [0.2, 0.25) is 0 Å². The summed E-state index contributed by atoms with van der Waals surface area (Å²) in [5.74, 6) is -4.19. The van der Waals surface area contributed by atoms with Gasteiger partial charge in [-0.2, -0.15) is 0 Å². The first-order chi connectivity index (χ1) is 4.87. The molecule has 0 rings (SSSR count). The molecule has 0 spiro atoms. The van der Waals surface area contributed by atoms with E-state index in [4.69, 9.17) is 5.11 Å². The van der Waals surface area contributed by atoms with E-state index in [2.05, 4.69) is 5.32 Å². The molecular formula is C6H12BrF2NO2. The molecule has 0 aromatic rings. The molecular weight excluding hydrogens is 236 g/mol. The summed E-state index contributed by atoms with van der Waals surface area (Å²) in [4.78, 5) is 10.2. The first kappa shape index (κ1) is 14.3. The molecule has 0 saturated carbocycles. The number of alkyl halides is 2. The number of hydrogen-bond donors (Lipinski definition) is 2. The molecule has 0 bridgehead atoms. The number of aliphatic carboxylic acids is 1. The van der Waals surface area contributed by atoms with Crippen LogP contribution in [0.15, 0.2) is 0 Å². The SMILES string of the molecule is Br.CNC(CC(C)(F)F)C(=O)O. The smallest absolute Gasteiger partial charge is 0.320 e. The molecule has 0 amide bonds. The van der Waals surface area contributed by atoms with Crippen molar-refractivity contribution in [1.29, 1.82) is 0 Å². The van der Waals surface area contributed by atoms with E-state index < -0.39 is 24.4 Å². The van der Waals surface area contributed by atoms with Crippen molar-refractivity contribution in [3.8, 4) is 0 Å². The summed E-state index contributed by atoms with van der Waals surface area (Å²) in [7, 11) is 1.34. The zero-order valence-electron chi connectivity index (χ0n) is 6.80. The predicted molar refractivity (Wildman–Crippen MR) is 46.0 cm³/mol. The number of nitrogens with one attached hydrogen (secondary N) is 1. The molecule has 0 aromatic carbocycles. The average molecular weight is 248 g/mol. The third-order valence-corrected chi connectivity index (χ3v) is 1.21. The van der Waals surface area contributed by atoms with Crippen molar-refractivity contribution in [3.05, 3.63) is 0 Å². The van der Waals surface area contributed by atoms with Crippen molar-refractivity contribution in [2.24, 2.45) is 0 Å². The minimum Gasteiger partial charge on any atom is -0.480 e. The average Bonchev–Trinajstić information content (AvgIpc) is 1.80. The van der Waals surface area contributed by atoms with Crippen LogP contribution in [0, 0.1) is 0 Å². The number of carboxylic acids is 1. The molecule has 1 unspecified atom stereocenters. The Balaban J connectivity index is 0. The van der Waals surface area contributed by atoms with Crippen molar-refractivity contribution < 1.29 is 18.7 Å². The Morgan fingerprint density at radius 2 is 2.08 bits per heavy atom. The van der Waals surface area contributed by atoms with Gasteiger partial charge in [0.1, 0.15) is 6.04 Å². The fraction of sp³-hybridized carbons (Fsp3) is 0.833. The third-order valence-electron chi connectivity index (χ3n) is 1.21. The number of carboxylic acid groups (broad SMARTS) is 1. The zero-order chi connectivity index (χ0) is 9.07. The standard InChI is InChI=1S/C6H11F2NO2.BrH/c1-6(7,8)3-4(9-2)5(10)11;/h4,9H,3H2,1-2H3,(H,10,11);1H. The first-order valence-electron chi connectivity index (χ1n) is 3.14. The number of carbonyl (C=O) groups is 1. The van der Waals surface area contributed by atoms with Gasteiger partial charge in [-0.1, -0.05) is 0 Å². The molecule has 0 aliphatic carbocycles. The Morgan fingerprint density at radius 3 is 2.17 bits per heavy atom. The summed E-state index contributed by atoms with van der Waals surface area (Å²) in [5, 5.41) is 10.6. The molecule has 74 valence electrons. The molecule has 0 radical (unpaired) electrons. The van der Waals surface area contributed by atoms with Crippen molar-refractivity contribution in [3.63, 3.8) is 0 Å². The normalized spacial score (nSPS) is 13.3. The predicted octanol–water partition coefficient (Wildman–Crippen LogP) is 1.28. The molecule has 0 saturated heterocycles. The molecule has 3 nitrogen and oxygen atoms in total. The van der Waals surface area contributed by atoms with Crippen LogP contribution in [-0.4, -0.2) is 30.1 Å². The summed E-state index contributed by atoms with van der Waals surface area (Å²) >= 11 is 0. The lowest BCUT2D eigenvalue weighted by atomic mass is 10.1. The topological polar surface area (TPSA) is 49.3 Å². The number of rotatable bonds is 4. The van der Waals surface area contributed by atoms with Gasteiger partial charge in [0.05, 0.1) is 0 Å². The Morgan fingerprint density at radius 1 is 1.67 bits per heavy atom. The van der Waals surface area contributed by atoms with E-state index in [0.29, 0.717) is 6.92 Å². The molecule has 1 atom stereocenters. The number of likely N-dealkylation sites (N-methyl/N-ethyl adjacent to an activating group) is 1. The lowest BCUT2D eigenvalue weighted by Gasteiger charge is -2.15. The molecule has 0 aliphatic heterocycles. The largest absolute Gasteiger partial charge is 0.480 e. The number of hydrogen-bond acceptors (Lipinski definition) is 2. The van der Waals surface area contributed by atoms with Gasteiger partial charge < -0.3 is 10.4 Å². The highest BCUT2D eigenvalue weighted by atomic mass is 79.9. The second-order valence-electron chi connectivity index (χ2n) is 2.45. The van der Waals surface area contributed by atoms with Crippen molar-refractivity contribution in [1.82, 2.24) is 5.32 Å². The van der Waals surface area contributed by atoms with Gasteiger partial charge in [0.2, 0.25) is 5.92 Å². The molecule has 2 N–H and O–H groups in total. The van der Waals surface area contributed by atoms with Crippen LogP contribution in [0.1, 0.15) is 13.3 Å². The lowest BCUT2D eigenvalue weighted by Crippen LogP contribution is -2.38. The Hall–Kier alpha value is -0.230. The molecule has 6 heteroatoms. The summed E-state index contributed by atoms with van der Waals surface area (Å²) in [6, 6.07) is -1.17. The van der Waals surface area contributed by atoms with Gasteiger partial charge in [0.15, 0.2) is 0 Å². The Labute approximate surface area is 79.9 Å². The molecule has 0 heterocycles. The van der Waals surface area contributed by atoms with Gasteiger partial charge in [0, 0.05) is 6.42 Å². The second kappa shape index (κ2) is 5.42. The van der Waals surface area contributed by atoms with Crippen molar-refractivity contribution in [2.45, 2.75) is 25.3 Å². The zero-order valence-corrected chi connectivity index (χ0v) is 8.52. The second-order valence-corrected chi connectivity index (χ2v) is 2.45. The van der Waals surface area contributed by atoms with E-state index in [-0.39, 0.29) is 17.0 Å². The molecule has 0 aromatic heterocycles. The van der Waals surface area contributed by atoms with Crippen molar-refractivity contribution in [2.75, 3.05) is 7.05 Å². The van der Waals surface area contributed by atoms with E-state index in [1.54, 1.807) is 0 Å². The summed E-state index contributed by atoms with van der Waals surface area (Å²) < 4.78 is 24.4. The van der Waals surface area contributed by atoms with E-state index in [0.717, 1.165) is 0 Å². The van der Waals surface area contributed by atoms with Crippen LogP contribution in [-0.2, 0) is 4.79 Å². The van der Waals surface area contributed by atoms with Crippen LogP contribution < -0.4 is 5.32 Å². The van der Waals surface area contributed by atoms with Crippen LogP contribution in [0.4, 0.5) is 8.78 Å². The molecule has 0 fully saturated rings. The fourth-order valence-corrected chi connectivity index (χ4v) is 0.671. The van der Waals surface area contributed by atoms with Gasteiger partial charge in [0.25, 0.3) is 0 Å². The van der Waals surface area contributed by atoms with Gasteiger partial charge in [-0.05, 0) is 14.0 Å². The van der Waals surface area contributed by atoms with Gasteiger partial charge in [-0.3, -0.25) is 4.79 Å². The van der Waals surface area contributed by atoms with E-state index in [1.165, 1.54) is 7.05 Å². The van der Waals surface area contributed by atoms with E-state index in [1.807, 2.05) is 0 Å². The highest BCUT2D eigenvalue weighted by Gasteiger charge is 2.29. The van der Waals surface area contributed by atoms with E-state index >= 15 is 0 Å². The summed E-state index contributed by atoms with van der Waals surface area (Å²) in [5.41, 5.74) is 0. The Kier molecular flexibility index (Phi) is 6.46. The maximum atomic E-state index is 12.2. The van der Waals surface area contributed by atoms with Gasteiger partial charge in [-0.25, -0.2) is 8.78 Å². The highest BCUT2D eigenvalue weighted by Crippen LogP contribution is 2.18. The molecule has 0 aliphatic rings. The third kappa shape index (κ3) is 6.48.